The number of carbonyl (C=O) groups is 1. The van der Waals surface area contributed by atoms with Crippen LogP contribution < -0.4 is 16.0 Å². The first-order valence-corrected chi connectivity index (χ1v) is 7.83. The number of nitrogens with two attached hydrogens (primary N) is 1. The van der Waals surface area contributed by atoms with E-state index in [0.717, 1.165) is 24.6 Å². The molecule has 8 nitrogen and oxygen atoms in total. The van der Waals surface area contributed by atoms with E-state index in [2.05, 4.69) is 20.4 Å². The molecule has 0 bridgehead atoms. The standard InChI is InChI=1S/C16H22N6O2/c1-16(2,3)24-15(23)19-11-4-5-12(17)13(8-11)21-6-7-22-10-18-20-14(22)9-21/h4-5,8,10H,6-7,9,17H2,1-3H3,(H,19,23). The molecule has 1 aliphatic heterocycles. The van der Waals surface area contributed by atoms with Gasteiger partial charge in [-0.2, -0.15) is 0 Å². The lowest BCUT2D eigenvalue weighted by Crippen LogP contribution is -2.34. The molecule has 8 heteroatoms. The molecule has 1 aliphatic rings. The van der Waals surface area contributed by atoms with Gasteiger partial charge in [-0.05, 0) is 39.0 Å². The summed E-state index contributed by atoms with van der Waals surface area (Å²) in [5.41, 5.74) is 7.72. The van der Waals surface area contributed by atoms with Crippen LogP contribution in [-0.4, -0.2) is 33.0 Å². The van der Waals surface area contributed by atoms with E-state index in [0.29, 0.717) is 17.9 Å². The Morgan fingerprint density at radius 3 is 2.88 bits per heavy atom. The number of aromatic nitrogens is 3. The van der Waals surface area contributed by atoms with Crippen LogP contribution in [0.3, 0.4) is 0 Å². The van der Waals surface area contributed by atoms with Crippen molar-refractivity contribution in [2.24, 2.45) is 0 Å². The summed E-state index contributed by atoms with van der Waals surface area (Å²) < 4.78 is 7.30. The van der Waals surface area contributed by atoms with Crippen LogP contribution in [-0.2, 0) is 17.8 Å². The highest BCUT2D eigenvalue weighted by Crippen LogP contribution is 2.29. The summed E-state index contributed by atoms with van der Waals surface area (Å²) in [6, 6.07) is 5.39. The predicted octanol–water partition coefficient (Wildman–Crippen LogP) is 2.23. The van der Waals surface area contributed by atoms with E-state index in [4.69, 9.17) is 10.5 Å². The first-order valence-electron chi connectivity index (χ1n) is 7.83. The smallest absolute Gasteiger partial charge is 0.412 e. The highest BCUT2D eigenvalue weighted by molar-refractivity contribution is 5.87. The summed E-state index contributed by atoms with van der Waals surface area (Å²) >= 11 is 0. The number of hydrogen-bond acceptors (Lipinski definition) is 6. The van der Waals surface area contributed by atoms with Crippen LogP contribution in [0.5, 0.6) is 0 Å². The molecular weight excluding hydrogens is 308 g/mol. The second kappa shape index (κ2) is 6.03. The van der Waals surface area contributed by atoms with Crippen molar-refractivity contribution in [1.82, 2.24) is 14.8 Å². The molecule has 0 spiro atoms. The Bertz CT molecular complexity index is 749. The van der Waals surface area contributed by atoms with Gasteiger partial charge in [-0.15, -0.1) is 10.2 Å². The average Bonchev–Trinajstić information content (AvgIpc) is 2.94. The van der Waals surface area contributed by atoms with Crippen molar-refractivity contribution in [1.29, 1.82) is 0 Å². The van der Waals surface area contributed by atoms with Crippen molar-refractivity contribution >= 4 is 23.2 Å². The molecule has 128 valence electrons. The SMILES string of the molecule is CC(C)(C)OC(=O)Nc1ccc(N)c(N2CCn3cnnc3C2)c1. The van der Waals surface area contributed by atoms with Gasteiger partial charge in [0, 0.05) is 18.8 Å². The van der Waals surface area contributed by atoms with Crippen molar-refractivity contribution in [3.05, 3.63) is 30.4 Å². The summed E-state index contributed by atoms with van der Waals surface area (Å²) in [5, 5.41) is 10.8. The molecule has 2 heterocycles. The van der Waals surface area contributed by atoms with E-state index in [-0.39, 0.29) is 0 Å². The minimum Gasteiger partial charge on any atom is -0.444 e. The van der Waals surface area contributed by atoms with Crippen LogP contribution in [0.2, 0.25) is 0 Å². The lowest BCUT2D eigenvalue weighted by Gasteiger charge is -2.30. The molecule has 3 N–H and O–H groups in total. The maximum atomic E-state index is 11.9. The number of hydrogen-bond donors (Lipinski definition) is 2. The summed E-state index contributed by atoms with van der Waals surface area (Å²) in [5.74, 6) is 0.895. The summed E-state index contributed by atoms with van der Waals surface area (Å²) in [7, 11) is 0. The van der Waals surface area contributed by atoms with Gasteiger partial charge in [0.05, 0.1) is 17.9 Å². The van der Waals surface area contributed by atoms with Gasteiger partial charge < -0.3 is 19.9 Å². The van der Waals surface area contributed by atoms with Crippen LogP contribution in [0, 0.1) is 0 Å². The fraction of sp³-hybridized carbons (Fsp3) is 0.438. The van der Waals surface area contributed by atoms with Crippen molar-refractivity contribution in [3.8, 4) is 0 Å². The second-order valence-electron chi connectivity index (χ2n) is 6.76. The molecule has 2 aromatic rings. The number of nitrogens with one attached hydrogen (secondary N) is 1. The van der Waals surface area contributed by atoms with Gasteiger partial charge in [-0.1, -0.05) is 0 Å². The minimum absolute atomic E-state index is 0.489. The number of fused-ring (bicyclic) bond motifs is 1. The summed E-state index contributed by atoms with van der Waals surface area (Å²) in [4.78, 5) is 14.1. The summed E-state index contributed by atoms with van der Waals surface area (Å²) in [6.45, 7) is 7.69. The molecule has 0 saturated carbocycles. The maximum absolute atomic E-state index is 11.9. The molecular formula is C16H22N6O2. The van der Waals surface area contributed by atoms with Crippen LogP contribution in [0.4, 0.5) is 21.9 Å². The number of carbonyl (C=O) groups excluding carboxylic acids is 1. The lowest BCUT2D eigenvalue weighted by molar-refractivity contribution is 0.0636. The van der Waals surface area contributed by atoms with E-state index >= 15 is 0 Å². The fourth-order valence-corrected chi connectivity index (χ4v) is 2.59. The third-order valence-electron chi connectivity index (χ3n) is 3.66. The Hall–Kier alpha value is -2.77. The Kier molecular flexibility index (Phi) is 4.04. The zero-order chi connectivity index (χ0) is 17.3. The number of anilines is 3. The van der Waals surface area contributed by atoms with E-state index in [1.165, 1.54) is 0 Å². The zero-order valence-corrected chi connectivity index (χ0v) is 14.1. The largest absolute Gasteiger partial charge is 0.444 e. The normalized spacial score (nSPS) is 14.2. The van der Waals surface area contributed by atoms with Gasteiger partial charge in [0.1, 0.15) is 11.9 Å². The minimum atomic E-state index is -0.544. The molecule has 0 aliphatic carbocycles. The molecule has 0 atom stereocenters. The molecule has 0 fully saturated rings. The first kappa shape index (κ1) is 16.1. The number of amides is 1. The Morgan fingerprint density at radius 2 is 2.12 bits per heavy atom. The number of rotatable bonds is 2. The topological polar surface area (TPSA) is 98.3 Å². The molecule has 0 radical (unpaired) electrons. The first-order chi connectivity index (χ1) is 11.3. The van der Waals surface area contributed by atoms with Gasteiger partial charge in [0.25, 0.3) is 0 Å². The second-order valence-corrected chi connectivity index (χ2v) is 6.76. The lowest BCUT2D eigenvalue weighted by atomic mass is 10.2. The third kappa shape index (κ3) is 3.58. The number of nitrogen functional groups attached to an aromatic ring is 1. The quantitative estimate of drug-likeness (QED) is 0.819. The molecule has 0 saturated heterocycles. The van der Waals surface area contributed by atoms with Gasteiger partial charge >= 0.3 is 6.09 Å². The van der Waals surface area contributed by atoms with Crippen molar-refractivity contribution < 1.29 is 9.53 Å². The van der Waals surface area contributed by atoms with Crippen molar-refractivity contribution in [3.63, 3.8) is 0 Å². The highest BCUT2D eigenvalue weighted by atomic mass is 16.6. The maximum Gasteiger partial charge on any atom is 0.412 e. The summed E-state index contributed by atoms with van der Waals surface area (Å²) in [6.07, 6.45) is 1.24. The Balaban J connectivity index is 1.76. The van der Waals surface area contributed by atoms with Gasteiger partial charge in [0.2, 0.25) is 0 Å². The third-order valence-corrected chi connectivity index (χ3v) is 3.66. The van der Waals surface area contributed by atoms with Crippen molar-refractivity contribution in [2.45, 2.75) is 39.5 Å². The van der Waals surface area contributed by atoms with E-state index in [9.17, 15) is 4.79 Å². The highest BCUT2D eigenvalue weighted by Gasteiger charge is 2.21. The van der Waals surface area contributed by atoms with E-state index in [1.807, 2.05) is 31.4 Å². The van der Waals surface area contributed by atoms with Crippen LogP contribution in [0.25, 0.3) is 0 Å². The predicted molar refractivity (Wildman–Crippen MR) is 91.8 cm³/mol. The van der Waals surface area contributed by atoms with Crippen LogP contribution in [0.1, 0.15) is 26.6 Å². The molecule has 3 rings (SSSR count). The van der Waals surface area contributed by atoms with E-state index < -0.39 is 11.7 Å². The van der Waals surface area contributed by atoms with Crippen LogP contribution >= 0.6 is 0 Å². The molecule has 24 heavy (non-hydrogen) atoms. The van der Waals surface area contributed by atoms with Gasteiger partial charge in [-0.3, -0.25) is 5.32 Å². The molecule has 0 unspecified atom stereocenters. The Morgan fingerprint density at radius 1 is 1.33 bits per heavy atom. The molecule has 1 aromatic carbocycles. The van der Waals surface area contributed by atoms with Crippen LogP contribution in [0.15, 0.2) is 24.5 Å². The van der Waals surface area contributed by atoms with E-state index in [1.54, 1.807) is 18.5 Å². The van der Waals surface area contributed by atoms with Gasteiger partial charge in [0.15, 0.2) is 5.82 Å². The molecule has 1 aromatic heterocycles. The average molecular weight is 330 g/mol. The molecule has 1 amide bonds. The number of benzene rings is 1. The van der Waals surface area contributed by atoms with Gasteiger partial charge in [-0.25, -0.2) is 4.79 Å². The fourth-order valence-electron chi connectivity index (χ4n) is 2.59. The monoisotopic (exact) mass is 330 g/mol. The van der Waals surface area contributed by atoms with Crippen molar-refractivity contribution in [2.75, 3.05) is 22.5 Å². The zero-order valence-electron chi connectivity index (χ0n) is 14.1. The number of ether oxygens (including phenoxy) is 1. The Labute approximate surface area is 140 Å². The number of nitrogens with zero attached hydrogens (tertiary/aromatic N) is 4.